The number of hydrogen-bond acceptors (Lipinski definition) is 5. The summed E-state index contributed by atoms with van der Waals surface area (Å²) in [6.45, 7) is 3.98. The number of ether oxygens (including phenoxy) is 1. The molecule has 0 spiro atoms. The second-order valence-electron chi connectivity index (χ2n) is 6.16. The molecule has 1 saturated heterocycles. The van der Waals surface area contributed by atoms with E-state index in [-0.39, 0.29) is 23.3 Å². The van der Waals surface area contributed by atoms with Gasteiger partial charge in [-0.1, -0.05) is 6.58 Å². The molecule has 8 nitrogen and oxygen atoms in total. The molecule has 0 aromatic carbocycles. The first-order chi connectivity index (χ1) is 11.4. The van der Waals surface area contributed by atoms with Gasteiger partial charge < -0.3 is 9.30 Å². The fourth-order valence-electron chi connectivity index (χ4n) is 3.03. The van der Waals surface area contributed by atoms with Crippen molar-refractivity contribution in [1.82, 2.24) is 18.7 Å². The van der Waals surface area contributed by atoms with Gasteiger partial charge in [-0.25, -0.2) is 14.6 Å². The number of carbonyl (C=O) groups is 1. The summed E-state index contributed by atoms with van der Waals surface area (Å²) in [5.74, 6) is -0.327. The van der Waals surface area contributed by atoms with E-state index in [1.807, 2.05) is 0 Å². The van der Waals surface area contributed by atoms with Gasteiger partial charge in [-0.05, 0) is 19.3 Å². The fourth-order valence-corrected chi connectivity index (χ4v) is 3.03. The van der Waals surface area contributed by atoms with Gasteiger partial charge in [0.05, 0.1) is 6.33 Å². The molecule has 1 fully saturated rings. The zero-order chi connectivity index (χ0) is 17.4. The second kappa shape index (κ2) is 6.10. The summed E-state index contributed by atoms with van der Waals surface area (Å²) in [7, 11) is 3.34. The number of esters is 1. The molecule has 0 amide bonds. The van der Waals surface area contributed by atoms with Crippen molar-refractivity contribution in [3.8, 4) is 0 Å². The Morgan fingerprint density at radius 2 is 2.04 bits per heavy atom. The topological polar surface area (TPSA) is 88.1 Å². The maximum Gasteiger partial charge on any atom is 0.333 e. The zero-order valence-electron chi connectivity index (χ0n) is 13.8. The van der Waals surface area contributed by atoms with Crippen LogP contribution >= 0.6 is 0 Å². The molecule has 3 rings (SSSR count). The van der Waals surface area contributed by atoms with Crippen LogP contribution in [0.3, 0.4) is 0 Å². The van der Waals surface area contributed by atoms with Crippen molar-refractivity contribution < 1.29 is 9.53 Å². The van der Waals surface area contributed by atoms with E-state index in [4.69, 9.17) is 4.74 Å². The van der Waals surface area contributed by atoms with E-state index in [0.29, 0.717) is 42.5 Å². The van der Waals surface area contributed by atoms with Crippen molar-refractivity contribution >= 4 is 17.1 Å². The third kappa shape index (κ3) is 2.68. The number of nitrogens with zero attached hydrogens (tertiary/aromatic N) is 4. The molecule has 0 N–H and O–H groups in total. The zero-order valence-corrected chi connectivity index (χ0v) is 13.8. The normalized spacial score (nSPS) is 17.7. The van der Waals surface area contributed by atoms with Crippen molar-refractivity contribution in [3.63, 3.8) is 0 Å². The number of fused-ring (bicyclic) bond motifs is 1. The fraction of sp³-hybridized carbons (Fsp3) is 0.500. The lowest BCUT2D eigenvalue weighted by Crippen LogP contribution is -2.39. The standard InChI is InChI=1S/C16H20N4O4/c1-10-8-11(24-15(10)22)6-4-5-7-20-14(21)12-13(17-9-18(12)2)19(3)16(20)23/h9,11H,1,4-8H2,2-3H3. The van der Waals surface area contributed by atoms with Gasteiger partial charge >= 0.3 is 11.7 Å². The largest absolute Gasteiger partial charge is 0.459 e. The summed E-state index contributed by atoms with van der Waals surface area (Å²) in [5, 5.41) is 0. The van der Waals surface area contributed by atoms with Crippen molar-refractivity contribution in [3.05, 3.63) is 39.3 Å². The Morgan fingerprint density at radius 3 is 2.71 bits per heavy atom. The Hall–Kier alpha value is -2.64. The van der Waals surface area contributed by atoms with Crippen LogP contribution in [0.2, 0.25) is 0 Å². The smallest absolute Gasteiger partial charge is 0.333 e. The molecule has 24 heavy (non-hydrogen) atoms. The van der Waals surface area contributed by atoms with Crippen LogP contribution in [0.15, 0.2) is 28.1 Å². The number of carbonyl (C=O) groups excluding carboxylic acids is 1. The van der Waals surface area contributed by atoms with Crippen LogP contribution in [0.5, 0.6) is 0 Å². The number of unbranched alkanes of at least 4 members (excludes halogenated alkanes) is 1. The summed E-state index contributed by atoms with van der Waals surface area (Å²) in [5.41, 5.74) is 0.616. The number of aryl methyl sites for hydroxylation is 2. The Kier molecular flexibility index (Phi) is 4.13. The van der Waals surface area contributed by atoms with E-state index in [9.17, 15) is 14.4 Å². The molecular formula is C16H20N4O4. The van der Waals surface area contributed by atoms with E-state index in [1.165, 1.54) is 15.5 Å². The first-order valence-electron chi connectivity index (χ1n) is 7.89. The van der Waals surface area contributed by atoms with Crippen LogP contribution in [0.1, 0.15) is 25.7 Å². The van der Waals surface area contributed by atoms with E-state index >= 15 is 0 Å². The van der Waals surface area contributed by atoms with Gasteiger partial charge in [-0.3, -0.25) is 13.9 Å². The molecule has 0 saturated carbocycles. The molecule has 1 aliphatic heterocycles. The van der Waals surface area contributed by atoms with Crippen LogP contribution in [0.25, 0.3) is 11.2 Å². The monoisotopic (exact) mass is 332 g/mol. The van der Waals surface area contributed by atoms with Gasteiger partial charge in [0.25, 0.3) is 5.56 Å². The highest BCUT2D eigenvalue weighted by molar-refractivity contribution is 5.89. The van der Waals surface area contributed by atoms with Crippen molar-refractivity contribution in [1.29, 1.82) is 0 Å². The van der Waals surface area contributed by atoms with E-state index < -0.39 is 0 Å². The Balaban J connectivity index is 1.71. The average molecular weight is 332 g/mol. The second-order valence-corrected chi connectivity index (χ2v) is 6.16. The number of imidazole rings is 1. The lowest BCUT2D eigenvalue weighted by atomic mass is 10.1. The van der Waals surface area contributed by atoms with Gasteiger partial charge in [-0.2, -0.15) is 0 Å². The predicted octanol–water partition coefficient (Wildman–Crippen LogP) is 0.476. The van der Waals surface area contributed by atoms with E-state index in [1.54, 1.807) is 18.7 Å². The maximum absolute atomic E-state index is 12.5. The molecule has 128 valence electrons. The van der Waals surface area contributed by atoms with Crippen molar-refractivity contribution in [2.45, 2.75) is 38.3 Å². The van der Waals surface area contributed by atoms with E-state index in [2.05, 4.69) is 11.6 Å². The molecule has 2 aromatic heterocycles. The minimum absolute atomic E-state index is 0.135. The lowest BCUT2D eigenvalue weighted by Gasteiger charge is -2.10. The molecule has 1 aliphatic rings. The van der Waals surface area contributed by atoms with Gasteiger partial charge in [0, 0.05) is 32.6 Å². The minimum atomic E-state index is -0.369. The lowest BCUT2D eigenvalue weighted by molar-refractivity contribution is -0.139. The predicted molar refractivity (Wildman–Crippen MR) is 87.7 cm³/mol. The number of aromatic nitrogens is 4. The van der Waals surface area contributed by atoms with Gasteiger partial charge in [-0.15, -0.1) is 0 Å². The van der Waals surface area contributed by atoms with Crippen LogP contribution < -0.4 is 11.2 Å². The molecule has 1 unspecified atom stereocenters. The highest BCUT2D eigenvalue weighted by Crippen LogP contribution is 2.22. The Bertz CT molecular complexity index is 918. The average Bonchev–Trinajstić information content (AvgIpc) is 3.07. The summed E-state index contributed by atoms with van der Waals surface area (Å²) in [4.78, 5) is 40.2. The van der Waals surface area contributed by atoms with E-state index in [0.717, 1.165) is 6.42 Å². The van der Waals surface area contributed by atoms with Crippen LogP contribution in [0.4, 0.5) is 0 Å². The molecule has 0 radical (unpaired) electrons. The molecule has 8 heteroatoms. The summed E-state index contributed by atoms with van der Waals surface area (Å²) < 4.78 is 9.42. The van der Waals surface area contributed by atoms with Gasteiger partial charge in [0.2, 0.25) is 0 Å². The molecule has 3 heterocycles. The van der Waals surface area contributed by atoms with Crippen molar-refractivity contribution in [2.75, 3.05) is 0 Å². The molecule has 1 atom stereocenters. The SMILES string of the molecule is C=C1CC(CCCCn2c(=O)c3c(ncn3C)n(C)c2=O)OC1=O. The molecule has 2 aromatic rings. The third-order valence-corrected chi connectivity index (χ3v) is 4.40. The molecular weight excluding hydrogens is 312 g/mol. The highest BCUT2D eigenvalue weighted by atomic mass is 16.5. The third-order valence-electron chi connectivity index (χ3n) is 4.40. The van der Waals surface area contributed by atoms with Crippen LogP contribution in [-0.2, 0) is 30.2 Å². The minimum Gasteiger partial charge on any atom is -0.459 e. The van der Waals surface area contributed by atoms with Gasteiger partial charge in [0.15, 0.2) is 11.2 Å². The highest BCUT2D eigenvalue weighted by Gasteiger charge is 2.26. The summed E-state index contributed by atoms with van der Waals surface area (Å²) in [6.07, 6.45) is 4.06. The number of rotatable bonds is 5. The van der Waals surface area contributed by atoms with Crippen molar-refractivity contribution in [2.24, 2.45) is 14.1 Å². The number of hydrogen-bond donors (Lipinski definition) is 0. The summed E-state index contributed by atoms with van der Waals surface area (Å²) >= 11 is 0. The molecule has 0 aliphatic carbocycles. The van der Waals surface area contributed by atoms with Crippen LogP contribution in [0, 0.1) is 0 Å². The Morgan fingerprint density at radius 1 is 1.29 bits per heavy atom. The quantitative estimate of drug-likeness (QED) is 0.451. The van der Waals surface area contributed by atoms with Crippen LogP contribution in [-0.4, -0.2) is 30.8 Å². The maximum atomic E-state index is 12.5. The molecule has 0 bridgehead atoms. The first kappa shape index (κ1) is 16.2. The van der Waals surface area contributed by atoms with Gasteiger partial charge in [0.1, 0.15) is 6.10 Å². The first-order valence-corrected chi connectivity index (χ1v) is 7.89. The number of cyclic esters (lactones) is 1. The summed E-state index contributed by atoms with van der Waals surface area (Å²) in [6, 6.07) is 0. The Labute approximate surface area is 138 Å².